The fraction of sp³-hybridized carbons (Fsp3) is 0.360. The van der Waals surface area contributed by atoms with Crippen molar-refractivity contribution in [1.29, 1.82) is 0 Å². The van der Waals surface area contributed by atoms with Crippen LogP contribution in [0.2, 0.25) is 0 Å². The SMILES string of the molecule is COCc1nc(C(=O)c2ccc[n+](CC(N)=O)c2)c2sc(C3=C(C(=O)O)N4C(=O)[C@H]([C@@H](C)O)[C@H]4[C@H]3C)cn12. The zero-order valence-corrected chi connectivity index (χ0v) is 21.6. The summed E-state index contributed by atoms with van der Waals surface area (Å²) in [6.07, 6.45) is 3.93. The maximum atomic E-state index is 13.5. The highest BCUT2D eigenvalue weighted by molar-refractivity contribution is 7.18. The molecule has 0 radical (unpaired) electrons. The molecule has 1 fully saturated rings. The molecule has 0 unspecified atom stereocenters. The zero-order valence-electron chi connectivity index (χ0n) is 20.8. The molecule has 0 spiro atoms. The van der Waals surface area contributed by atoms with Gasteiger partial charge in [-0.3, -0.25) is 18.8 Å². The fourth-order valence-corrected chi connectivity index (χ4v) is 6.66. The fourth-order valence-electron chi connectivity index (χ4n) is 5.41. The summed E-state index contributed by atoms with van der Waals surface area (Å²) < 4.78 is 8.48. The predicted molar refractivity (Wildman–Crippen MR) is 133 cm³/mol. The number of amides is 2. The average Bonchev–Trinajstić information content (AvgIpc) is 3.48. The van der Waals surface area contributed by atoms with Crippen molar-refractivity contribution in [3.8, 4) is 0 Å². The lowest BCUT2D eigenvalue weighted by atomic mass is 9.77. The van der Waals surface area contributed by atoms with Crippen molar-refractivity contribution in [1.82, 2.24) is 14.3 Å². The molecule has 4 N–H and O–H groups in total. The molecule has 12 nitrogen and oxygen atoms in total. The van der Waals surface area contributed by atoms with Crippen molar-refractivity contribution >= 4 is 45.3 Å². The Balaban J connectivity index is 1.62. The first-order chi connectivity index (χ1) is 18.0. The van der Waals surface area contributed by atoms with Crippen LogP contribution in [0.25, 0.3) is 10.4 Å². The van der Waals surface area contributed by atoms with Crippen LogP contribution in [-0.4, -0.2) is 67.3 Å². The molecule has 5 rings (SSSR count). The molecule has 2 aliphatic rings. The quantitative estimate of drug-likeness (QED) is 0.196. The van der Waals surface area contributed by atoms with E-state index in [1.165, 1.54) is 41.0 Å². The Kier molecular flexibility index (Phi) is 6.37. The van der Waals surface area contributed by atoms with E-state index >= 15 is 0 Å². The first kappa shape index (κ1) is 25.7. The van der Waals surface area contributed by atoms with Gasteiger partial charge in [0.05, 0.1) is 28.5 Å². The standard InChI is InChI=1S/C25H25N5O7S/c1-11-17(21(25(35)36)30-20(11)18(12(2)31)23(30)34)14-8-29-16(10-37-3)27-19(24(29)38-14)22(33)13-5-4-6-28(7-13)9-15(26)32/h4-8,11-12,18,20,31H,9-10H2,1-3H3,(H2-,26,32,35,36)/p+1/t11-,12+,18+,20+/m0/s1. The number of pyridine rings is 1. The van der Waals surface area contributed by atoms with Crippen molar-refractivity contribution in [3.63, 3.8) is 0 Å². The number of carbonyl (C=O) groups excluding carboxylic acids is 3. The Morgan fingerprint density at radius 1 is 1.34 bits per heavy atom. The summed E-state index contributed by atoms with van der Waals surface area (Å²) in [6.45, 7) is 3.36. The lowest BCUT2D eigenvalue weighted by Gasteiger charge is -2.46. The van der Waals surface area contributed by atoms with Gasteiger partial charge in [0.2, 0.25) is 18.2 Å². The number of hydrogen-bond acceptors (Lipinski definition) is 8. The van der Waals surface area contributed by atoms with Crippen LogP contribution in [0.15, 0.2) is 36.4 Å². The van der Waals surface area contributed by atoms with Crippen LogP contribution in [-0.2, 0) is 32.3 Å². The molecule has 0 saturated carbocycles. The summed E-state index contributed by atoms with van der Waals surface area (Å²) in [5.74, 6) is -3.20. The van der Waals surface area contributed by atoms with Crippen LogP contribution in [0.4, 0.5) is 0 Å². The summed E-state index contributed by atoms with van der Waals surface area (Å²) >= 11 is 1.19. The van der Waals surface area contributed by atoms with E-state index in [2.05, 4.69) is 4.98 Å². The number of ketones is 1. The summed E-state index contributed by atoms with van der Waals surface area (Å²) in [4.78, 5) is 56.7. The Bertz CT molecular complexity index is 1540. The van der Waals surface area contributed by atoms with Gasteiger partial charge in [-0.2, -0.15) is 4.57 Å². The molecule has 3 aromatic rings. The number of carboxylic acid groups (broad SMARTS) is 1. The molecule has 2 aliphatic heterocycles. The van der Waals surface area contributed by atoms with Crippen LogP contribution in [0.5, 0.6) is 0 Å². The number of fused-ring (bicyclic) bond motifs is 2. The number of imidazole rings is 1. The molecule has 2 amide bonds. The minimum Gasteiger partial charge on any atom is -0.477 e. The normalized spacial score (nSPS) is 21.5. The molecule has 0 aromatic carbocycles. The Labute approximate surface area is 220 Å². The van der Waals surface area contributed by atoms with Crippen molar-refractivity contribution < 1.29 is 38.7 Å². The number of aromatic nitrogens is 3. The topological polar surface area (TPSA) is 168 Å². The van der Waals surface area contributed by atoms with Crippen LogP contribution in [0.1, 0.15) is 40.6 Å². The minimum absolute atomic E-state index is 0.0916. The third kappa shape index (κ3) is 3.90. The second kappa shape index (κ2) is 9.42. The predicted octanol–water partition coefficient (Wildman–Crippen LogP) is 0.199. The number of primary amides is 1. The zero-order chi connectivity index (χ0) is 27.5. The third-order valence-corrected chi connectivity index (χ3v) is 8.11. The van der Waals surface area contributed by atoms with Gasteiger partial charge in [0.1, 0.15) is 28.7 Å². The number of ether oxygens (including phenoxy) is 1. The number of β-lactam (4-membered cyclic amide) rings is 1. The molecule has 5 heterocycles. The number of thiazole rings is 1. The maximum absolute atomic E-state index is 13.5. The second-order valence-corrected chi connectivity index (χ2v) is 10.5. The second-order valence-electron chi connectivity index (χ2n) is 9.46. The smallest absolute Gasteiger partial charge is 0.352 e. The van der Waals surface area contributed by atoms with Gasteiger partial charge in [-0.25, -0.2) is 9.78 Å². The third-order valence-electron chi connectivity index (χ3n) is 6.98. The van der Waals surface area contributed by atoms with Gasteiger partial charge in [0.15, 0.2) is 12.4 Å². The van der Waals surface area contributed by atoms with Crippen LogP contribution >= 0.6 is 11.3 Å². The van der Waals surface area contributed by atoms with Crippen LogP contribution in [0.3, 0.4) is 0 Å². The minimum atomic E-state index is -1.24. The number of aliphatic carboxylic acids is 1. The number of rotatable bonds is 9. The van der Waals surface area contributed by atoms with Gasteiger partial charge in [0.25, 0.3) is 5.91 Å². The average molecular weight is 541 g/mol. The van der Waals surface area contributed by atoms with Gasteiger partial charge >= 0.3 is 5.97 Å². The number of aliphatic hydroxyl groups is 1. The maximum Gasteiger partial charge on any atom is 0.352 e. The van der Waals surface area contributed by atoms with E-state index in [0.717, 1.165) is 0 Å². The van der Waals surface area contributed by atoms with Gasteiger partial charge in [-0.05, 0) is 13.0 Å². The number of aliphatic hydroxyl groups excluding tert-OH is 1. The van der Waals surface area contributed by atoms with E-state index < -0.39 is 41.6 Å². The monoisotopic (exact) mass is 540 g/mol. The molecular weight excluding hydrogens is 514 g/mol. The van der Waals surface area contributed by atoms with Gasteiger partial charge in [-0.15, -0.1) is 11.3 Å². The number of carbonyl (C=O) groups is 4. The van der Waals surface area contributed by atoms with Crippen molar-refractivity contribution in [3.05, 3.63) is 58.4 Å². The summed E-state index contributed by atoms with van der Waals surface area (Å²) in [5.41, 5.74) is 6.07. The highest BCUT2D eigenvalue weighted by Crippen LogP contribution is 2.51. The van der Waals surface area contributed by atoms with Crippen LogP contribution < -0.4 is 10.3 Å². The molecule has 3 aromatic heterocycles. The lowest BCUT2D eigenvalue weighted by Crippen LogP contribution is -2.63. The number of methoxy groups -OCH3 is 1. The van der Waals surface area contributed by atoms with E-state index in [9.17, 15) is 29.4 Å². The number of hydrogen-bond donors (Lipinski definition) is 3. The van der Waals surface area contributed by atoms with E-state index in [4.69, 9.17) is 10.5 Å². The highest BCUT2D eigenvalue weighted by Gasteiger charge is 2.60. The van der Waals surface area contributed by atoms with Gasteiger partial charge in [0, 0.05) is 30.9 Å². The molecule has 0 aliphatic carbocycles. The van der Waals surface area contributed by atoms with E-state index in [1.807, 2.05) is 6.92 Å². The van der Waals surface area contributed by atoms with E-state index in [1.54, 1.807) is 28.9 Å². The van der Waals surface area contributed by atoms with E-state index in [-0.39, 0.29) is 30.5 Å². The Hall–Kier alpha value is -3.94. The van der Waals surface area contributed by atoms with Crippen LogP contribution in [0, 0.1) is 11.8 Å². The molecular formula is C25H26N5O7S+. The molecule has 38 heavy (non-hydrogen) atoms. The largest absolute Gasteiger partial charge is 0.477 e. The first-order valence-corrected chi connectivity index (χ1v) is 12.7. The van der Waals surface area contributed by atoms with E-state index in [0.29, 0.717) is 26.7 Å². The molecule has 0 bridgehead atoms. The number of nitrogens with two attached hydrogens (primary N) is 1. The highest BCUT2D eigenvalue weighted by atomic mass is 32.1. The molecule has 198 valence electrons. The van der Waals surface area contributed by atoms with Crippen molar-refractivity contribution in [2.24, 2.45) is 17.6 Å². The molecule has 4 atom stereocenters. The molecule has 13 heteroatoms. The van der Waals surface area contributed by atoms with Gasteiger partial charge < -0.3 is 25.6 Å². The van der Waals surface area contributed by atoms with Crippen molar-refractivity contribution in [2.45, 2.75) is 39.1 Å². The number of carboxylic acids is 1. The summed E-state index contributed by atoms with van der Waals surface area (Å²) in [5, 5.41) is 20.2. The Morgan fingerprint density at radius 2 is 2.08 bits per heavy atom. The summed E-state index contributed by atoms with van der Waals surface area (Å²) in [7, 11) is 1.50. The number of nitrogens with zero attached hydrogens (tertiary/aromatic N) is 4. The molecule has 1 saturated heterocycles. The van der Waals surface area contributed by atoms with Crippen molar-refractivity contribution in [2.75, 3.05) is 7.11 Å². The van der Waals surface area contributed by atoms with Gasteiger partial charge in [-0.1, -0.05) is 6.92 Å². The lowest BCUT2D eigenvalue weighted by molar-refractivity contribution is -0.684. The first-order valence-electron chi connectivity index (χ1n) is 11.9. The summed E-state index contributed by atoms with van der Waals surface area (Å²) in [6, 6.07) is 2.77. The Morgan fingerprint density at radius 3 is 2.71 bits per heavy atom.